The summed E-state index contributed by atoms with van der Waals surface area (Å²) < 4.78 is 0. The molecule has 1 rings (SSSR count). The van der Waals surface area contributed by atoms with Gasteiger partial charge in [0.1, 0.15) is 0 Å². The maximum absolute atomic E-state index is 9.99. The summed E-state index contributed by atoms with van der Waals surface area (Å²) in [5.74, 6) is 0. The van der Waals surface area contributed by atoms with Crippen molar-refractivity contribution in [2.24, 2.45) is 5.10 Å². The topological polar surface area (TPSA) is 61.7 Å². The molecule has 0 aliphatic heterocycles. The normalized spacial score (nSPS) is 10.2. The highest BCUT2D eigenvalue weighted by Crippen LogP contribution is 1.96. The molecule has 0 aromatic heterocycles. The molecule has 0 saturated heterocycles. The van der Waals surface area contributed by atoms with Gasteiger partial charge < -0.3 is 5.11 Å². The maximum Gasteiger partial charge on any atom is 0.425 e. The van der Waals surface area contributed by atoms with Crippen LogP contribution < -0.4 is 5.43 Å². The van der Waals surface area contributed by atoms with Crippen LogP contribution in [0.1, 0.15) is 5.56 Å². The van der Waals surface area contributed by atoms with Crippen LogP contribution in [0, 0.1) is 0 Å². The van der Waals surface area contributed by atoms with E-state index in [9.17, 15) is 4.79 Å². The van der Waals surface area contributed by atoms with Crippen LogP contribution in [0.4, 0.5) is 4.79 Å². The molecule has 68 valence electrons. The summed E-state index contributed by atoms with van der Waals surface area (Å²) in [6.45, 7) is 0. The Labute approximate surface area is 75.9 Å². The van der Waals surface area contributed by atoms with E-state index < -0.39 is 6.09 Å². The highest BCUT2D eigenvalue weighted by molar-refractivity contribution is 5.67. The minimum Gasteiger partial charge on any atom is -0.464 e. The van der Waals surface area contributed by atoms with Crippen molar-refractivity contribution >= 4 is 12.3 Å². The summed E-state index contributed by atoms with van der Waals surface area (Å²) in [5, 5.41) is 11.7. The fourth-order valence-electron chi connectivity index (χ4n) is 0.866. The van der Waals surface area contributed by atoms with Crippen molar-refractivity contribution in [3.05, 3.63) is 35.9 Å². The first-order valence-corrected chi connectivity index (χ1v) is 3.83. The molecule has 1 aromatic rings. The van der Waals surface area contributed by atoms with Gasteiger partial charge >= 0.3 is 6.09 Å². The summed E-state index contributed by atoms with van der Waals surface area (Å²) in [6, 6.07) is 9.68. The molecule has 0 fully saturated rings. The summed E-state index contributed by atoms with van der Waals surface area (Å²) in [4.78, 5) is 9.99. The number of nitrogens with zero attached hydrogens (tertiary/aromatic N) is 1. The van der Waals surface area contributed by atoms with E-state index in [-0.39, 0.29) is 0 Å². The molecule has 0 aliphatic carbocycles. The van der Waals surface area contributed by atoms with E-state index >= 15 is 0 Å². The van der Waals surface area contributed by atoms with Gasteiger partial charge in [0.25, 0.3) is 0 Å². The van der Waals surface area contributed by atoms with E-state index in [1.165, 1.54) is 6.21 Å². The van der Waals surface area contributed by atoms with Gasteiger partial charge in [0.15, 0.2) is 0 Å². The number of hydrogen-bond donors (Lipinski definition) is 2. The van der Waals surface area contributed by atoms with E-state index in [2.05, 4.69) is 5.10 Å². The van der Waals surface area contributed by atoms with Gasteiger partial charge in [-0.2, -0.15) is 5.10 Å². The van der Waals surface area contributed by atoms with Crippen LogP contribution in [0.15, 0.2) is 35.4 Å². The second kappa shape index (κ2) is 4.92. The first-order chi connectivity index (χ1) is 6.29. The predicted molar refractivity (Wildman–Crippen MR) is 49.8 cm³/mol. The van der Waals surface area contributed by atoms with Gasteiger partial charge in [-0.3, -0.25) is 0 Å². The van der Waals surface area contributed by atoms with E-state index in [0.717, 1.165) is 5.56 Å². The molecule has 2 N–H and O–H groups in total. The van der Waals surface area contributed by atoms with Gasteiger partial charge in [-0.25, -0.2) is 10.2 Å². The highest BCUT2D eigenvalue weighted by atomic mass is 16.4. The second-order valence-electron chi connectivity index (χ2n) is 2.42. The number of carboxylic acid groups (broad SMARTS) is 1. The number of hydrogen-bond acceptors (Lipinski definition) is 2. The molecule has 1 amide bonds. The largest absolute Gasteiger partial charge is 0.464 e. The zero-order chi connectivity index (χ0) is 9.52. The van der Waals surface area contributed by atoms with Gasteiger partial charge in [-0.05, 0) is 5.56 Å². The van der Waals surface area contributed by atoms with Gasteiger partial charge in [-0.15, -0.1) is 0 Å². The van der Waals surface area contributed by atoms with Crippen molar-refractivity contribution in [3.8, 4) is 0 Å². The molecule has 4 heteroatoms. The van der Waals surface area contributed by atoms with Crippen LogP contribution in [0.5, 0.6) is 0 Å². The van der Waals surface area contributed by atoms with Crippen LogP contribution in [0.2, 0.25) is 0 Å². The molecule has 0 spiro atoms. The average molecular weight is 178 g/mol. The van der Waals surface area contributed by atoms with Crippen molar-refractivity contribution in [2.75, 3.05) is 0 Å². The van der Waals surface area contributed by atoms with Crippen LogP contribution in [0.3, 0.4) is 0 Å². The molecule has 1 aromatic carbocycles. The van der Waals surface area contributed by atoms with Crippen LogP contribution >= 0.6 is 0 Å². The van der Waals surface area contributed by atoms with Crippen molar-refractivity contribution < 1.29 is 9.90 Å². The monoisotopic (exact) mass is 178 g/mol. The van der Waals surface area contributed by atoms with Crippen molar-refractivity contribution in [3.63, 3.8) is 0 Å². The number of amides is 1. The summed E-state index contributed by atoms with van der Waals surface area (Å²) in [7, 11) is 0. The maximum atomic E-state index is 9.99. The number of hydrazone groups is 1. The Morgan fingerprint density at radius 2 is 2.15 bits per heavy atom. The summed E-state index contributed by atoms with van der Waals surface area (Å²) >= 11 is 0. The molecule has 13 heavy (non-hydrogen) atoms. The molecule has 0 atom stereocenters. The van der Waals surface area contributed by atoms with Crippen molar-refractivity contribution in [1.82, 2.24) is 5.43 Å². The standard InChI is InChI=1S/C9H10N2O2/c12-9(13)11-10-7-6-8-4-2-1-3-5-8/h1-5,7,11H,6H2,(H,12,13). The zero-order valence-electron chi connectivity index (χ0n) is 6.97. The lowest BCUT2D eigenvalue weighted by Crippen LogP contribution is -2.13. The molecule has 4 nitrogen and oxygen atoms in total. The lowest BCUT2D eigenvalue weighted by molar-refractivity contribution is 0.195. The molecule has 0 unspecified atom stereocenters. The minimum atomic E-state index is -1.15. The third-order valence-corrected chi connectivity index (χ3v) is 1.42. The van der Waals surface area contributed by atoms with Crippen molar-refractivity contribution in [1.29, 1.82) is 0 Å². The molecule has 0 bridgehead atoms. The average Bonchev–Trinajstić information content (AvgIpc) is 2.14. The van der Waals surface area contributed by atoms with E-state index in [1.54, 1.807) is 0 Å². The summed E-state index contributed by atoms with van der Waals surface area (Å²) in [5.41, 5.74) is 3.00. The summed E-state index contributed by atoms with van der Waals surface area (Å²) in [6.07, 6.45) is 0.995. The first-order valence-electron chi connectivity index (χ1n) is 3.83. The Balaban J connectivity index is 2.35. The minimum absolute atomic E-state index is 0.626. The van der Waals surface area contributed by atoms with E-state index in [4.69, 9.17) is 5.11 Å². The van der Waals surface area contributed by atoms with Crippen LogP contribution in [0.25, 0.3) is 0 Å². The Morgan fingerprint density at radius 3 is 2.77 bits per heavy atom. The lowest BCUT2D eigenvalue weighted by atomic mass is 10.2. The molecule has 0 heterocycles. The van der Waals surface area contributed by atoms with E-state index in [1.807, 2.05) is 35.8 Å². The predicted octanol–water partition coefficient (Wildman–Crippen LogP) is 1.48. The Morgan fingerprint density at radius 1 is 1.46 bits per heavy atom. The molecule has 0 radical (unpaired) electrons. The van der Waals surface area contributed by atoms with Gasteiger partial charge in [-0.1, -0.05) is 30.3 Å². The number of rotatable bonds is 3. The smallest absolute Gasteiger partial charge is 0.425 e. The zero-order valence-corrected chi connectivity index (χ0v) is 6.97. The van der Waals surface area contributed by atoms with Crippen LogP contribution in [-0.4, -0.2) is 17.4 Å². The first kappa shape index (κ1) is 9.25. The Bertz CT molecular complexity index is 296. The lowest BCUT2D eigenvalue weighted by Gasteiger charge is -1.93. The third kappa shape index (κ3) is 3.91. The third-order valence-electron chi connectivity index (χ3n) is 1.42. The van der Waals surface area contributed by atoms with Gasteiger partial charge in [0.05, 0.1) is 0 Å². The Hall–Kier alpha value is -1.84. The molecule has 0 aliphatic rings. The number of carbonyl (C=O) groups is 1. The number of nitrogens with one attached hydrogen (secondary N) is 1. The SMILES string of the molecule is O=C(O)NN=CCc1ccccc1. The molecular weight excluding hydrogens is 168 g/mol. The second-order valence-corrected chi connectivity index (χ2v) is 2.42. The molecule has 0 saturated carbocycles. The number of benzene rings is 1. The Kier molecular flexibility index (Phi) is 3.50. The quantitative estimate of drug-likeness (QED) is 0.544. The van der Waals surface area contributed by atoms with E-state index in [0.29, 0.717) is 6.42 Å². The van der Waals surface area contributed by atoms with Crippen LogP contribution in [-0.2, 0) is 6.42 Å². The van der Waals surface area contributed by atoms with Gasteiger partial charge in [0.2, 0.25) is 0 Å². The van der Waals surface area contributed by atoms with Crippen molar-refractivity contribution in [2.45, 2.75) is 6.42 Å². The fourth-order valence-corrected chi connectivity index (χ4v) is 0.866. The van der Waals surface area contributed by atoms with Gasteiger partial charge in [0, 0.05) is 12.6 Å². The fraction of sp³-hybridized carbons (Fsp3) is 0.111. The highest BCUT2D eigenvalue weighted by Gasteiger charge is 1.88. The molecular formula is C9H10N2O2.